The first-order valence-corrected chi connectivity index (χ1v) is 33.0. The van der Waals surface area contributed by atoms with Gasteiger partial charge in [0.1, 0.15) is 12.5 Å². The number of unbranched alkanes of at least 4 members (excludes halogenated alkanes) is 14. The van der Waals surface area contributed by atoms with E-state index in [0.717, 1.165) is 44.5 Å². The van der Waals surface area contributed by atoms with Crippen molar-refractivity contribution in [3.63, 3.8) is 0 Å². The highest BCUT2D eigenvalue weighted by Gasteiger charge is 2.29. The molecule has 518 valence electrons. The molecule has 0 unspecified atom stereocenters. The number of methoxy groups -OCH3 is 1. The van der Waals surface area contributed by atoms with Crippen LogP contribution in [0.25, 0.3) is 0 Å². The van der Waals surface area contributed by atoms with E-state index in [2.05, 4.69) is 28.2 Å². The Balaban J connectivity index is -0.000000497. The van der Waals surface area contributed by atoms with Crippen LogP contribution in [0.3, 0.4) is 0 Å². The summed E-state index contributed by atoms with van der Waals surface area (Å²) in [6, 6.07) is 9.40. The van der Waals surface area contributed by atoms with Crippen LogP contribution in [0.4, 0.5) is 0 Å². The quantitative estimate of drug-likeness (QED) is 0.0223. The third-order valence-corrected chi connectivity index (χ3v) is 16.9. The van der Waals surface area contributed by atoms with E-state index in [0.29, 0.717) is 52.0 Å². The minimum atomic E-state index is -0.658. The Morgan fingerprint density at radius 2 is 0.744 bits per heavy atom. The lowest BCUT2D eigenvalue weighted by atomic mass is 9.84. The lowest BCUT2D eigenvalue weighted by Gasteiger charge is -2.31. The van der Waals surface area contributed by atoms with Crippen LogP contribution < -0.4 is 26.0 Å². The van der Waals surface area contributed by atoms with Crippen molar-refractivity contribution in [3.05, 3.63) is 30.3 Å². The molecule has 2 rings (SSSR count). The number of aliphatic hydroxyl groups is 12. The minimum absolute atomic E-state index is 0.0451. The maximum absolute atomic E-state index is 9.34. The zero-order chi connectivity index (χ0) is 65.8. The van der Waals surface area contributed by atoms with Gasteiger partial charge in [-0.25, -0.2) is 0 Å². The van der Waals surface area contributed by atoms with Gasteiger partial charge in [0.05, 0.1) is 128 Å². The van der Waals surface area contributed by atoms with Gasteiger partial charge in [0.15, 0.2) is 0 Å². The number of ether oxygens (including phenoxy) is 4. The number of nitrogens with one attached hydrogen (secondary N) is 4. The van der Waals surface area contributed by atoms with Gasteiger partial charge < -0.3 is 80.2 Å². The Kier molecular flexibility index (Phi) is 64.1. The molecular formula is C66H138N4O16. The van der Waals surface area contributed by atoms with Crippen LogP contribution in [0.1, 0.15) is 229 Å². The lowest BCUT2D eigenvalue weighted by molar-refractivity contribution is -0.0147. The Hall–Kier alpha value is -1.74. The van der Waals surface area contributed by atoms with E-state index in [1.807, 2.05) is 71.9 Å². The summed E-state index contributed by atoms with van der Waals surface area (Å²) in [5.74, 6) is 0.760. The Morgan fingerprint density at radius 3 is 1.05 bits per heavy atom. The zero-order valence-electron chi connectivity index (χ0n) is 56.4. The maximum Gasteiger partial charge on any atom is 0.140 e. The van der Waals surface area contributed by atoms with E-state index in [1.54, 1.807) is 21.0 Å². The van der Waals surface area contributed by atoms with Gasteiger partial charge in [-0.05, 0) is 69.9 Å². The predicted octanol–water partition coefficient (Wildman–Crippen LogP) is 7.40. The molecule has 86 heavy (non-hydrogen) atoms. The van der Waals surface area contributed by atoms with E-state index in [1.165, 1.54) is 109 Å². The van der Waals surface area contributed by atoms with Gasteiger partial charge in [0.25, 0.3) is 0 Å². The van der Waals surface area contributed by atoms with Crippen molar-refractivity contribution in [2.45, 2.75) is 258 Å². The van der Waals surface area contributed by atoms with Crippen molar-refractivity contribution in [2.24, 2.45) is 10.8 Å². The molecule has 16 N–H and O–H groups in total. The van der Waals surface area contributed by atoms with Crippen molar-refractivity contribution in [1.29, 1.82) is 0 Å². The smallest absolute Gasteiger partial charge is 0.140 e. The fraction of sp³-hybridized carbons (Fsp3) is 0.909. The molecule has 0 bridgehead atoms. The molecule has 0 spiro atoms. The number of benzene rings is 1. The van der Waals surface area contributed by atoms with Crippen LogP contribution in [0, 0.1) is 10.8 Å². The predicted molar refractivity (Wildman–Crippen MR) is 349 cm³/mol. The molecule has 20 nitrogen and oxygen atoms in total. The van der Waals surface area contributed by atoms with E-state index in [9.17, 15) is 30.6 Å². The highest BCUT2D eigenvalue weighted by Crippen LogP contribution is 2.24. The van der Waals surface area contributed by atoms with E-state index in [-0.39, 0.29) is 96.8 Å². The second kappa shape index (κ2) is 60.8. The lowest BCUT2D eigenvalue weighted by Crippen LogP contribution is -2.52. The van der Waals surface area contributed by atoms with Crippen LogP contribution in [-0.4, -0.2) is 209 Å². The zero-order valence-corrected chi connectivity index (χ0v) is 56.4. The first kappa shape index (κ1) is 90.7. The second-order valence-electron chi connectivity index (χ2n) is 24.1. The first-order valence-electron chi connectivity index (χ1n) is 33.0. The van der Waals surface area contributed by atoms with Crippen molar-refractivity contribution >= 4 is 0 Å². The molecule has 1 aromatic carbocycles. The summed E-state index contributed by atoms with van der Waals surface area (Å²) in [7, 11) is 1.56. The molecule has 1 fully saturated rings. The van der Waals surface area contributed by atoms with Gasteiger partial charge >= 0.3 is 0 Å². The third kappa shape index (κ3) is 46.3. The first-order chi connectivity index (χ1) is 41.4. The number of hydrogen-bond acceptors (Lipinski definition) is 20. The average Bonchev–Trinajstić information content (AvgIpc) is 3.76. The largest absolute Gasteiger partial charge is 0.478 e. The summed E-state index contributed by atoms with van der Waals surface area (Å²) in [4.78, 5) is 0. The Morgan fingerprint density at radius 1 is 0.395 bits per heavy atom. The summed E-state index contributed by atoms with van der Waals surface area (Å²) in [6.45, 7) is 19.3. The van der Waals surface area contributed by atoms with Gasteiger partial charge in [-0.3, -0.25) is 21.3 Å². The summed E-state index contributed by atoms with van der Waals surface area (Å²) in [5, 5.41) is 120. The van der Waals surface area contributed by atoms with Crippen LogP contribution in [0.5, 0.6) is 5.75 Å². The Bertz CT molecular complexity index is 1430. The van der Waals surface area contributed by atoms with Gasteiger partial charge in [-0.15, -0.1) is 0 Å². The maximum atomic E-state index is 9.34. The van der Waals surface area contributed by atoms with E-state index in [4.69, 9.17) is 49.6 Å². The number of hydrogen-bond donors (Lipinski definition) is 16. The number of rotatable bonds is 48. The molecule has 0 aromatic heterocycles. The van der Waals surface area contributed by atoms with Crippen LogP contribution >= 0.6 is 0 Å². The normalized spacial score (nSPS) is 13.2. The van der Waals surface area contributed by atoms with Crippen LogP contribution in [0.15, 0.2) is 30.3 Å². The third-order valence-electron chi connectivity index (χ3n) is 16.9. The van der Waals surface area contributed by atoms with Crippen LogP contribution in [0.2, 0.25) is 0 Å². The van der Waals surface area contributed by atoms with Crippen molar-refractivity contribution in [2.75, 3.05) is 120 Å². The molecular weight excluding hydrogens is 1100 g/mol. The molecule has 1 aliphatic carbocycles. The standard InChI is InChI=1S/C23H49NO3.C12H25NO3.C12H19NO3.C7H17NO3.C7H16O2.C5H12O2/c1-3-5-6-7-8-9-10-11-12-13-14-15-16-17-18-19-27-22-24-23(4-2,20-25)21-26;2*1-2-12(8-14,9-15)13-10-16-11-6-4-3-5-7-11;1-3-7(4-9,5-10)8-6-11-2;1-3-7(4-2,5-8)6-9;1-5(2,3-6)4-7/h24-26H,3-22H2,1-2H3;11,13-15H,2-10H2,1H3;3-7,13-15H,2,8-10H2,1H3;8-10H,3-6H2,1-2H3;8-9H,3-6H2,1-2H3;6-7H,3-4H2,1-2H3. The Labute approximate surface area is 524 Å². The summed E-state index contributed by atoms with van der Waals surface area (Å²) in [6.07, 6.45) is 31.4. The molecule has 0 saturated heterocycles. The molecule has 1 aromatic rings. The SMILES string of the molecule is CC(C)(CO)CO.CCC(CC)(CO)CO.CCC(CO)(CO)NCOC.CCC(CO)(CO)NCOC1CCCCC1.CCC(CO)(CO)NCOc1ccccc1.CCCCCCCCCCCCCCCCCOCNC(CC)(CO)CO. The fourth-order valence-corrected chi connectivity index (χ4v) is 8.25. The molecule has 0 heterocycles. The fourth-order valence-electron chi connectivity index (χ4n) is 8.25. The average molecular weight is 1240 g/mol. The molecule has 1 aliphatic rings. The second-order valence-corrected chi connectivity index (χ2v) is 24.1. The van der Waals surface area contributed by atoms with Crippen molar-refractivity contribution < 1.29 is 80.2 Å². The van der Waals surface area contributed by atoms with Gasteiger partial charge in [0.2, 0.25) is 0 Å². The number of aliphatic hydroxyl groups excluding tert-OH is 12. The molecule has 1 saturated carbocycles. The van der Waals surface area contributed by atoms with E-state index >= 15 is 0 Å². The summed E-state index contributed by atoms with van der Waals surface area (Å²) < 4.78 is 21.5. The minimum Gasteiger partial charge on any atom is -0.478 e. The van der Waals surface area contributed by atoms with Crippen LogP contribution in [-0.2, 0) is 14.2 Å². The number of para-hydroxylation sites is 1. The van der Waals surface area contributed by atoms with E-state index < -0.39 is 22.2 Å². The monoisotopic (exact) mass is 1240 g/mol. The van der Waals surface area contributed by atoms with Crippen molar-refractivity contribution in [1.82, 2.24) is 21.3 Å². The molecule has 20 heteroatoms. The van der Waals surface area contributed by atoms with Gasteiger partial charge in [0, 0.05) is 24.5 Å². The van der Waals surface area contributed by atoms with Gasteiger partial charge in [-0.1, -0.05) is 190 Å². The molecule has 0 amide bonds. The molecule has 0 radical (unpaired) electrons. The van der Waals surface area contributed by atoms with Crippen molar-refractivity contribution in [3.8, 4) is 5.75 Å². The highest BCUT2D eigenvalue weighted by atomic mass is 16.5. The topological polar surface area (TPSA) is 328 Å². The summed E-state index contributed by atoms with van der Waals surface area (Å²) >= 11 is 0. The molecule has 0 aliphatic heterocycles. The van der Waals surface area contributed by atoms with Gasteiger partial charge in [-0.2, -0.15) is 0 Å². The summed E-state index contributed by atoms with van der Waals surface area (Å²) in [5.41, 5.74) is -2.96. The highest BCUT2D eigenvalue weighted by molar-refractivity contribution is 5.20. The molecule has 0 atom stereocenters.